The van der Waals surface area contributed by atoms with Gasteiger partial charge in [-0.3, -0.25) is 14.9 Å². The van der Waals surface area contributed by atoms with E-state index in [1.54, 1.807) is 13.0 Å². The summed E-state index contributed by atoms with van der Waals surface area (Å²) >= 11 is -0.674. The lowest BCUT2D eigenvalue weighted by atomic mass is 10.0. The molecule has 0 saturated heterocycles. The summed E-state index contributed by atoms with van der Waals surface area (Å²) in [5.74, 6) is -0.740. The van der Waals surface area contributed by atoms with Crippen LogP contribution in [0.2, 0.25) is 0 Å². The number of nitro groups is 1. The zero-order valence-electron chi connectivity index (χ0n) is 11.1. The molecule has 0 spiro atoms. The highest BCUT2D eigenvalue weighted by Gasteiger charge is 2.34. The Morgan fingerprint density at radius 1 is 1.50 bits per heavy atom. The van der Waals surface area contributed by atoms with Crippen LogP contribution in [0.1, 0.15) is 18.1 Å². The number of ether oxygens (including phenoxy) is 1. The fourth-order valence-electron chi connectivity index (χ4n) is 1.58. The van der Waals surface area contributed by atoms with Gasteiger partial charge in [-0.05, 0) is 30.3 Å². The molecule has 0 heterocycles. The van der Waals surface area contributed by atoms with Gasteiger partial charge in [0.25, 0.3) is 5.69 Å². The Morgan fingerprint density at radius 2 is 2.14 bits per heavy atom. The number of hydrogen-bond donors (Lipinski definition) is 0. The summed E-state index contributed by atoms with van der Waals surface area (Å²) in [6.45, 7) is 1.61. The SMILES string of the molecule is CCOC(=O)Cc1cc(SC(F)(F)F)c([N+](=O)[O-])cc1C#N. The van der Waals surface area contributed by atoms with Crippen molar-refractivity contribution in [3.05, 3.63) is 33.4 Å². The molecule has 0 saturated carbocycles. The molecule has 0 aliphatic carbocycles. The third-order valence-electron chi connectivity index (χ3n) is 2.37. The van der Waals surface area contributed by atoms with Crippen LogP contribution in [0, 0.1) is 21.4 Å². The molecule has 0 fully saturated rings. The van der Waals surface area contributed by atoms with Gasteiger partial charge in [0.15, 0.2) is 0 Å². The maximum absolute atomic E-state index is 12.5. The van der Waals surface area contributed by atoms with E-state index >= 15 is 0 Å². The van der Waals surface area contributed by atoms with E-state index in [-0.39, 0.29) is 17.7 Å². The third kappa shape index (κ3) is 4.92. The first-order chi connectivity index (χ1) is 10.2. The molecule has 10 heteroatoms. The van der Waals surface area contributed by atoms with E-state index in [0.29, 0.717) is 0 Å². The fraction of sp³-hybridized carbons (Fsp3) is 0.333. The largest absolute Gasteiger partial charge is 0.466 e. The van der Waals surface area contributed by atoms with E-state index in [1.807, 2.05) is 0 Å². The Bertz CT molecular complexity index is 640. The Kier molecular flexibility index (Phi) is 5.76. The predicted octanol–water partition coefficient (Wildman–Crippen LogP) is 3.18. The summed E-state index contributed by atoms with van der Waals surface area (Å²) in [5, 5.41) is 19.8. The van der Waals surface area contributed by atoms with Gasteiger partial charge in [0, 0.05) is 6.07 Å². The zero-order chi connectivity index (χ0) is 16.9. The highest BCUT2D eigenvalue weighted by atomic mass is 32.2. The summed E-state index contributed by atoms with van der Waals surface area (Å²) < 4.78 is 42.1. The van der Waals surface area contributed by atoms with Crippen LogP contribution < -0.4 is 0 Å². The average Bonchev–Trinajstić information content (AvgIpc) is 2.36. The highest BCUT2D eigenvalue weighted by Crippen LogP contribution is 2.42. The van der Waals surface area contributed by atoms with E-state index in [1.165, 1.54) is 0 Å². The first-order valence-corrected chi connectivity index (χ1v) is 6.62. The van der Waals surface area contributed by atoms with E-state index in [2.05, 4.69) is 4.74 Å². The lowest BCUT2D eigenvalue weighted by Crippen LogP contribution is -2.10. The Labute approximate surface area is 127 Å². The number of hydrogen-bond acceptors (Lipinski definition) is 6. The van der Waals surface area contributed by atoms with Gasteiger partial charge in [0.1, 0.15) is 0 Å². The van der Waals surface area contributed by atoms with Gasteiger partial charge >= 0.3 is 11.5 Å². The lowest BCUT2D eigenvalue weighted by molar-refractivity contribution is -0.387. The van der Waals surface area contributed by atoms with Gasteiger partial charge in [0.05, 0.1) is 34.5 Å². The van der Waals surface area contributed by atoms with Crippen molar-refractivity contribution < 1.29 is 27.6 Å². The topological polar surface area (TPSA) is 93.2 Å². The van der Waals surface area contributed by atoms with Crippen molar-refractivity contribution >= 4 is 23.4 Å². The molecule has 0 aliphatic rings. The normalized spacial score (nSPS) is 10.9. The van der Waals surface area contributed by atoms with Gasteiger partial charge < -0.3 is 4.74 Å². The number of rotatable bonds is 5. The molecule has 1 rings (SSSR count). The van der Waals surface area contributed by atoms with Crippen molar-refractivity contribution in [1.29, 1.82) is 5.26 Å². The van der Waals surface area contributed by atoms with E-state index in [9.17, 15) is 28.1 Å². The summed E-state index contributed by atoms with van der Waals surface area (Å²) in [6.07, 6.45) is -0.444. The van der Waals surface area contributed by atoms with Gasteiger partial charge in [-0.1, -0.05) is 0 Å². The number of esters is 1. The second kappa shape index (κ2) is 7.13. The lowest BCUT2D eigenvalue weighted by Gasteiger charge is -2.10. The van der Waals surface area contributed by atoms with Gasteiger partial charge in [-0.25, -0.2) is 0 Å². The Hall–Kier alpha value is -2.28. The third-order valence-corrected chi connectivity index (χ3v) is 3.15. The highest BCUT2D eigenvalue weighted by molar-refractivity contribution is 8.00. The second-order valence-corrected chi connectivity index (χ2v) is 4.98. The molecule has 22 heavy (non-hydrogen) atoms. The summed E-state index contributed by atoms with van der Waals surface area (Å²) in [4.78, 5) is 20.5. The Morgan fingerprint density at radius 3 is 2.59 bits per heavy atom. The maximum Gasteiger partial charge on any atom is 0.446 e. The number of nitriles is 1. The molecule has 0 aromatic heterocycles. The minimum atomic E-state index is -4.74. The minimum Gasteiger partial charge on any atom is -0.466 e. The molecule has 1 aromatic rings. The molecule has 0 atom stereocenters. The molecular weight excluding hydrogens is 325 g/mol. The van der Waals surface area contributed by atoms with E-state index in [0.717, 1.165) is 12.1 Å². The number of carbonyl (C=O) groups is 1. The van der Waals surface area contributed by atoms with Crippen LogP contribution >= 0.6 is 11.8 Å². The number of alkyl halides is 3. The Balaban J connectivity index is 3.33. The predicted molar refractivity (Wildman–Crippen MR) is 70.1 cm³/mol. The molecule has 0 N–H and O–H groups in total. The number of benzene rings is 1. The standard InChI is InChI=1S/C12H9F3N2O4S/c1-2-21-11(18)5-7-4-10(22-12(13,14)15)9(17(19)20)3-8(7)6-16/h3-4H,2,5H2,1H3. The van der Waals surface area contributed by atoms with Crippen molar-refractivity contribution in [2.45, 2.75) is 23.7 Å². The molecule has 0 radical (unpaired) electrons. The molecule has 0 amide bonds. The minimum absolute atomic E-state index is 0.0571. The van der Waals surface area contributed by atoms with Crippen LogP contribution in [-0.4, -0.2) is 23.0 Å². The van der Waals surface area contributed by atoms with Crippen molar-refractivity contribution in [1.82, 2.24) is 0 Å². The van der Waals surface area contributed by atoms with Gasteiger partial charge in [0.2, 0.25) is 0 Å². The quantitative estimate of drug-likeness (QED) is 0.355. The molecule has 0 aliphatic heterocycles. The van der Waals surface area contributed by atoms with Crippen molar-refractivity contribution in [2.75, 3.05) is 6.61 Å². The van der Waals surface area contributed by atoms with Crippen molar-refractivity contribution in [3.8, 4) is 6.07 Å². The molecule has 1 aromatic carbocycles. The van der Waals surface area contributed by atoms with Crippen molar-refractivity contribution in [3.63, 3.8) is 0 Å². The fourth-order valence-corrected chi connectivity index (χ4v) is 2.27. The zero-order valence-corrected chi connectivity index (χ0v) is 12.0. The van der Waals surface area contributed by atoms with E-state index in [4.69, 9.17) is 5.26 Å². The van der Waals surface area contributed by atoms with Gasteiger partial charge in [-0.15, -0.1) is 0 Å². The molecule has 118 valence electrons. The number of thioether (sulfide) groups is 1. The van der Waals surface area contributed by atoms with Crippen LogP contribution in [-0.2, 0) is 16.0 Å². The maximum atomic E-state index is 12.5. The summed E-state index contributed by atoms with van der Waals surface area (Å²) in [5.41, 5.74) is -5.88. The summed E-state index contributed by atoms with van der Waals surface area (Å²) in [6, 6.07) is 3.18. The first-order valence-electron chi connectivity index (χ1n) is 5.80. The monoisotopic (exact) mass is 334 g/mol. The van der Waals surface area contributed by atoms with Crippen LogP contribution in [0.25, 0.3) is 0 Å². The van der Waals surface area contributed by atoms with Crippen LogP contribution in [0.5, 0.6) is 0 Å². The molecule has 6 nitrogen and oxygen atoms in total. The average molecular weight is 334 g/mol. The van der Waals surface area contributed by atoms with E-state index < -0.39 is 45.2 Å². The number of nitro benzene ring substituents is 1. The molecule has 0 bridgehead atoms. The summed E-state index contributed by atoms with van der Waals surface area (Å²) in [7, 11) is 0. The molecular formula is C12H9F3N2O4S. The molecule has 0 unspecified atom stereocenters. The van der Waals surface area contributed by atoms with Crippen molar-refractivity contribution in [2.24, 2.45) is 0 Å². The van der Waals surface area contributed by atoms with Crippen LogP contribution in [0.15, 0.2) is 17.0 Å². The first kappa shape index (κ1) is 17.8. The van der Waals surface area contributed by atoms with Crippen LogP contribution in [0.4, 0.5) is 18.9 Å². The smallest absolute Gasteiger partial charge is 0.446 e. The van der Waals surface area contributed by atoms with Gasteiger partial charge in [-0.2, -0.15) is 18.4 Å². The number of halogens is 3. The number of nitrogens with zero attached hydrogens (tertiary/aromatic N) is 2. The van der Waals surface area contributed by atoms with Crippen LogP contribution in [0.3, 0.4) is 0 Å². The second-order valence-electron chi connectivity index (χ2n) is 3.88. The number of carbonyl (C=O) groups excluding carboxylic acids is 1.